The molecule has 3 heterocycles. The smallest absolute Gasteiger partial charge is 0.257 e. The van der Waals surface area contributed by atoms with Crippen LogP contribution in [-0.4, -0.2) is 45.2 Å². The van der Waals surface area contributed by atoms with E-state index in [-0.39, 0.29) is 5.91 Å². The normalized spacial score (nSPS) is 14.6. The van der Waals surface area contributed by atoms with Crippen LogP contribution in [0, 0.1) is 6.92 Å². The largest absolute Gasteiger partial charge is 0.369 e. The molecule has 1 saturated heterocycles. The fourth-order valence-corrected chi connectivity index (χ4v) is 3.02. The minimum absolute atomic E-state index is 0.0907. The summed E-state index contributed by atoms with van der Waals surface area (Å²) >= 11 is 0. The van der Waals surface area contributed by atoms with E-state index in [9.17, 15) is 4.79 Å². The second kappa shape index (κ2) is 7.95. The highest BCUT2D eigenvalue weighted by Gasteiger charge is 2.20. The van der Waals surface area contributed by atoms with E-state index >= 15 is 0 Å². The molecule has 0 aromatic carbocycles. The number of carbonyl (C=O) groups excluding carboxylic acids is 1. The maximum atomic E-state index is 12.7. The lowest BCUT2D eigenvalue weighted by atomic mass is 10.1. The van der Waals surface area contributed by atoms with Crippen molar-refractivity contribution in [2.45, 2.75) is 39.2 Å². The molecule has 1 N–H and O–H groups in total. The standard InChI is InChI=1S/C18H25N5O/c1-15-13-21-23(14-15)12-6-9-20-17-16(7-5-8-19-17)18(24)22-10-3-2-4-11-22/h5,7-8,13-14H,2-4,6,9-12H2,1H3,(H,19,20). The molecule has 3 rings (SSSR count). The number of hydrogen-bond acceptors (Lipinski definition) is 4. The summed E-state index contributed by atoms with van der Waals surface area (Å²) in [6, 6.07) is 3.69. The molecule has 6 nitrogen and oxygen atoms in total. The molecule has 0 saturated carbocycles. The highest BCUT2D eigenvalue weighted by atomic mass is 16.2. The van der Waals surface area contributed by atoms with Crippen molar-refractivity contribution < 1.29 is 4.79 Å². The number of aryl methyl sites for hydroxylation is 2. The zero-order valence-electron chi connectivity index (χ0n) is 14.2. The number of carbonyl (C=O) groups is 1. The van der Waals surface area contributed by atoms with Crippen LogP contribution < -0.4 is 5.32 Å². The molecule has 0 unspecified atom stereocenters. The van der Waals surface area contributed by atoms with Crippen molar-refractivity contribution in [3.63, 3.8) is 0 Å². The summed E-state index contributed by atoms with van der Waals surface area (Å²) in [7, 11) is 0. The first-order valence-corrected chi connectivity index (χ1v) is 8.71. The van der Waals surface area contributed by atoms with Crippen molar-refractivity contribution in [1.82, 2.24) is 19.7 Å². The highest BCUT2D eigenvalue weighted by Crippen LogP contribution is 2.18. The first kappa shape index (κ1) is 16.5. The number of rotatable bonds is 6. The van der Waals surface area contributed by atoms with Gasteiger partial charge in [-0.3, -0.25) is 9.48 Å². The number of nitrogens with zero attached hydrogens (tertiary/aromatic N) is 4. The zero-order chi connectivity index (χ0) is 16.8. The molecule has 0 atom stereocenters. The summed E-state index contributed by atoms with van der Waals surface area (Å²) in [5.74, 6) is 0.776. The van der Waals surface area contributed by atoms with Gasteiger partial charge in [0.2, 0.25) is 0 Å². The molecule has 0 aliphatic carbocycles. The van der Waals surface area contributed by atoms with Crippen LogP contribution in [0.2, 0.25) is 0 Å². The summed E-state index contributed by atoms with van der Waals surface area (Å²) < 4.78 is 1.94. The Balaban J connectivity index is 1.56. The molecule has 1 aliphatic heterocycles. The summed E-state index contributed by atoms with van der Waals surface area (Å²) in [4.78, 5) is 19.0. The molecule has 1 amide bonds. The number of piperidine rings is 1. The van der Waals surface area contributed by atoms with Gasteiger partial charge in [-0.2, -0.15) is 5.10 Å². The van der Waals surface area contributed by atoms with Gasteiger partial charge in [0.1, 0.15) is 5.82 Å². The van der Waals surface area contributed by atoms with E-state index in [0.717, 1.165) is 45.4 Å². The van der Waals surface area contributed by atoms with Crippen molar-refractivity contribution in [3.05, 3.63) is 41.9 Å². The fraction of sp³-hybridized carbons (Fsp3) is 0.500. The molecule has 2 aromatic rings. The minimum atomic E-state index is 0.0907. The van der Waals surface area contributed by atoms with E-state index in [1.165, 1.54) is 12.0 Å². The molecule has 1 aliphatic rings. The summed E-state index contributed by atoms with van der Waals surface area (Å²) in [6.45, 7) is 5.35. The first-order valence-electron chi connectivity index (χ1n) is 8.71. The van der Waals surface area contributed by atoms with Gasteiger partial charge in [0, 0.05) is 38.6 Å². The van der Waals surface area contributed by atoms with Crippen LogP contribution in [0.15, 0.2) is 30.7 Å². The van der Waals surface area contributed by atoms with Gasteiger partial charge in [-0.15, -0.1) is 0 Å². The van der Waals surface area contributed by atoms with Gasteiger partial charge in [-0.05, 0) is 50.3 Å². The third-order valence-corrected chi connectivity index (χ3v) is 4.30. The Labute approximate surface area is 142 Å². The molecular formula is C18H25N5O. The van der Waals surface area contributed by atoms with Crippen molar-refractivity contribution in [1.29, 1.82) is 0 Å². The number of hydrogen-bond donors (Lipinski definition) is 1. The lowest BCUT2D eigenvalue weighted by Gasteiger charge is -2.27. The van der Waals surface area contributed by atoms with Gasteiger partial charge in [0.15, 0.2) is 0 Å². The monoisotopic (exact) mass is 327 g/mol. The summed E-state index contributed by atoms with van der Waals surface area (Å²) in [6.07, 6.45) is 9.96. The van der Waals surface area contributed by atoms with Gasteiger partial charge in [-0.1, -0.05) is 0 Å². The van der Waals surface area contributed by atoms with Crippen LogP contribution >= 0.6 is 0 Å². The van der Waals surface area contributed by atoms with Gasteiger partial charge in [-0.25, -0.2) is 4.98 Å². The van der Waals surface area contributed by atoms with E-state index in [0.29, 0.717) is 11.4 Å². The maximum absolute atomic E-state index is 12.7. The Morgan fingerprint density at radius 3 is 2.88 bits per heavy atom. The van der Waals surface area contributed by atoms with E-state index < -0.39 is 0 Å². The predicted octanol–water partition coefficient (Wildman–Crippen LogP) is 2.71. The van der Waals surface area contributed by atoms with Crippen LogP contribution in [-0.2, 0) is 6.54 Å². The maximum Gasteiger partial charge on any atom is 0.257 e. The average molecular weight is 327 g/mol. The molecule has 0 spiro atoms. The summed E-state index contributed by atoms with van der Waals surface area (Å²) in [5, 5.41) is 7.59. The van der Waals surface area contributed by atoms with Gasteiger partial charge in [0.25, 0.3) is 5.91 Å². The molecule has 2 aromatic heterocycles. The third-order valence-electron chi connectivity index (χ3n) is 4.30. The Kier molecular flexibility index (Phi) is 5.46. The Morgan fingerprint density at radius 2 is 2.12 bits per heavy atom. The Morgan fingerprint density at radius 1 is 1.29 bits per heavy atom. The number of aromatic nitrogens is 3. The topological polar surface area (TPSA) is 63.1 Å². The quantitative estimate of drug-likeness (QED) is 0.829. The first-order chi connectivity index (χ1) is 11.7. The average Bonchev–Trinajstić information content (AvgIpc) is 3.04. The lowest BCUT2D eigenvalue weighted by molar-refractivity contribution is 0.0725. The van der Waals surface area contributed by atoms with Crippen molar-refractivity contribution in [2.24, 2.45) is 0 Å². The van der Waals surface area contributed by atoms with Crippen LogP contribution in [0.5, 0.6) is 0 Å². The molecule has 24 heavy (non-hydrogen) atoms. The molecular weight excluding hydrogens is 302 g/mol. The molecule has 0 bridgehead atoms. The van der Waals surface area contributed by atoms with Crippen LogP contribution in [0.1, 0.15) is 41.6 Å². The van der Waals surface area contributed by atoms with E-state index in [4.69, 9.17) is 0 Å². The number of amides is 1. The summed E-state index contributed by atoms with van der Waals surface area (Å²) in [5.41, 5.74) is 1.84. The highest BCUT2D eigenvalue weighted by molar-refractivity contribution is 5.98. The molecule has 1 fully saturated rings. The number of anilines is 1. The van der Waals surface area contributed by atoms with Gasteiger partial charge in [0.05, 0.1) is 11.8 Å². The lowest BCUT2D eigenvalue weighted by Crippen LogP contribution is -2.36. The van der Waals surface area contributed by atoms with Crippen LogP contribution in [0.4, 0.5) is 5.82 Å². The Hall–Kier alpha value is -2.37. The second-order valence-electron chi connectivity index (χ2n) is 6.31. The van der Waals surface area contributed by atoms with E-state index in [1.807, 2.05) is 41.0 Å². The molecule has 128 valence electrons. The zero-order valence-corrected chi connectivity index (χ0v) is 14.2. The van der Waals surface area contributed by atoms with Crippen LogP contribution in [0.25, 0.3) is 0 Å². The van der Waals surface area contributed by atoms with E-state index in [2.05, 4.69) is 15.4 Å². The SMILES string of the molecule is Cc1cnn(CCCNc2ncccc2C(=O)N2CCCCC2)c1. The number of pyridine rings is 1. The third kappa shape index (κ3) is 4.13. The molecule has 0 radical (unpaired) electrons. The number of likely N-dealkylation sites (tertiary alicyclic amines) is 1. The predicted molar refractivity (Wildman–Crippen MR) is 94.1 cm³/mol. The number of nitrogens with one attached hydrogen (secondary N) is 1. The van der Waals surface area contributed by atoms with Crippen molar-refractivity contribution in [2.75, 3.05) is 25.0 Å². The second-order valence-corrected chi connectivity index (χ2v) is 6.31. The fourth-order valence-electron chi connectivity index (χ4n) is 3.02. The van der Waals surface area contributed by atoms with Crippen molar-refractivity contribution >= 4 is 11.7 Å². The van der Waals surface area contributed by atoms with Gasteiger partial charge >= 0.3 is 0 Å². The van der Waals surface area contributed by atoms with Crippen LogP contribution in [0.3, 0.4) is 0 Å². The van der Waals surface area contributed by atoms with Crippen molar-refractivity contribution in [3.8, 4) is 0 Å². The molecule has 6 heteroatoms. The van der Waals surface area contributed by atoms with E-state index in [1.54, 1.807) is 6.20 Å². The minimum Gasteiger partial charge on any atom is -0.369 e. The Bertz CT molecular complexity index is 676. The van der Waals surface area contributed by atoms with Gasteiger partial charge < -0.3 is 10.2 Å².